The number of rotatable bonds is 4. The van der Waals surface area contributed by atoms with Gasteiger partial charge in [0.25, 0.3) is 0 Å². The number of fused-ring (bicyclic) bond motifs is 5. The summed E-state index contributed by atoms with van der Waals surface area (Å²) in [7, 11) is 0. The Balaban J connectivity index is 1.23. The van der Waals surface area contributed by atoms with E-state index in [9.17, 15) is 0 Å². The second kappa shape index (κ2) is 11.4. The van der Waals surface area contributed by atoms with Crippen molar-refractivity contribution in [1.29, 1.82) is 0 Å². The Morgan fingerprint density at radius 2 is 0.615 bits per heavy atom. The van der Waals surface area contributed by atoms with Crippen LogP contribution in [0.3, 0.4) is 0 Å². The van der Waals surface area contributed by atoms with E-state index in [1.54, 1.807) is 0 Å². The maximum absolute atomic E-state index is 2.40. The molecule has 0 radical (unpaired) electrons. The summed E-state index contributed by atoms with van der Waals surface area (Å²) in [5, 5.41) is 15.6. The molecule has 0 saturated carbocycles. The molecule has 0 aromatic heterocycles. The molecule has 0 fully saturated rings. The second-order valence-corrected chi connectivity index (χ2v) is 13.9. The first-order chi connectivity index (χ1) is 25.8. The van der Waals surface area contributed by atoms with Crippen LogP contribution in [0.15, 0.2) is 194 Å². The van der Waals surface area contributed by atoms with Gasteiger partial charge in [-0.15, -0.1) is 0 Å². The van der Waals surface area contributed by atoms with Crippen molar-refractivity contribution in [3.63, 3.8) is 0 Å². The van der Waals surface area contributed by atoms with Gasteiger partial charge in [-0.2, -0.15) is 0 Å². The van der Waals surface area contributed by atoms with Crippen LogP contribution < -0.4 is 0 Å². The number of benzene rings is 11. The first-order valence-corrected chi connectivity index (χ1v) is 18.1. The van der Waals surface area contributed by atoms with Crippen molar-refractivity contribution in [2.45, 2.75) is 0 Å². The van der Waals surface area contributed by atoms with Crippen molar-refractivity contribution in [3.05, 3.63) is 194 Å². The van der Waals surface area contributed by atoms with Gasteiger partial charge in [-0.25, -0.2) is 0 Å². The fourth-order valence-electron chi connectivity index (χ4n) is 9.07. The van der Waals surface area contributed by atoms with E-state index in [1.807, 2.05) is 0 Å². The molecule has 240 valence electrons. The van der Waals surface area contributed by atoms with Crippen LogP contribution in [0.25, 0.3) is 109 Å². The molecule has 11 aromatic carbocycles. The predicted octanol–water partition coefficient (Wildman–Crippen LogP) is 14.7. The molecule has 11 aromatic rings. The number of hydrogen-bond acceptors (Lipinski definition) is 0. The van der Waals surface area contributed by atoms with Gasteiger partial charge in [0.2, 0.25) is 0 Å². The lowest BCUT2D eigenvalue weighted by Crippen LogP contribution is -1.94. The largest absolute Gasteiger partial charge is 0.0622 e. The summed E-state index contributed by atoms with van der Waals surface area (Å²) in [4.78, 5) is 0. The lowest BCUT2D eigenvalue weighted by atomic mass is 9.81. The third-order valence-corrected chi connectivity index (χ3v) is 11.2. The molecule has 0 aliphatic rings. The molecular weight excluding hydrogens is 625 g/mol. The molecular formula is C52H32. The highest BCUT2D eigenvalue weighted by Crippen LogP contribution is 2.50. The minimum atomic E-state index is 1.23. The molecule has 0 aliphatic carbocycles. The number of hydrogen-bond donors (Lipinski definition) is 0. The summed E-state index contributed by atoms with van der Waals surface area (Å²) < 4.78 is 0. The fraction of sp³-hybridized carbons (Fsp3) is 0. The summed E-state index contributed by atoms with van der Waals surface area (Å²) in [6, 6.07) is 71.6. The van der Waals surface area contributed by atoms with Gasteiger partial charge in [0.05, 0.1) is 0 Å². The van der Waals surface area contributed by atoms with Crippen LogP contribution in [0.5, 0.6) is 0 Å². The van der Waals surface area contributed by atoms with Crippen LogP contribution in [-0.4, -0.2) is 0 Å². The van der Waals surface area contributed by atoms with E-state index in [0.717, 1.165) is 0 Å². The summed E-state index contributed by atoms with van der Waals surface area (Å²) in [5.41, 5.74) is 10.1. The van der Waals surface area contributed by atoms with Gasteiger partial charge in [-0.1, -0.05) is 194 Å². The van der Waals surface area contributed by atoms with Gasteiger partial charge in [-0.3, -0.25) is 0 Å². The zero-order valence-corrected chi connectivity index (χ0v) is 28.5. The lowest BCUT2D eigenvalue weighted by molar-refractivity contribution is 1.60. The van der Waals surface area contributed by atoms with E-state index in [1.165, 1.54) is 109 Å². The highest BCUT2D eigenvalue weighted by Gasteiger charge is 2.22. The first-order valence-electron chi connectivity index (χ1n) is 18.1. The summed E-state index contributed by atoms with van der Waals surface area (Å²) in [6.07, 6.45) is 0. The Bertz CT molecular complexity index is 3150. The van der Waals surface area contributed by atoms with E-state index in [0.29, 0.717) is 0 Å². The van der Waals surface area contributed by atoms with Crippen LogP contribution in [-0.2, 0) is 0 Å². The average Bonchev–Trinajstić information content (AvgIpc) is 3.22. The van der Waals surface area contributed by atoms with E-state index in [4.69, 9.17) is 0 Å². The monoisotopic (exact) mass is 656 g/mol. The van der Waals surface area contributed by atoms with Crippen LogP contribution in [0.4, 0.5) is 0 Å². The minimum Gasteiger partial charge on any atom is -0.0622 e. The zero-order chi connectivity index (χ0) is 34.2. The second-order valence-electron chi connectivity index (χ2n) is 13.9. The molecule has 0 saturated heterocycles. The van der Waals surface area contributed by atoms with E-state index >= 15 is 0 Å². The third-order valence-electron chi connectivity index (χ3n) is 11.2. The minimum absolute atomic E-state index is 1.23. The molecule has 52 heavy (non-hydrogen) atoms. The maximum Gasteiger partial charge on any atom is -0.000763 e. The first kappa shape index (κ1) is 29.0. The van der Waals surface area contributed by atoms with Gasteiger partial charge < -0.3 is 0 Å². The summed E-state index contributed by atoms with van der Waals surface area (Å²) in [5.74, 6) is 0. The van der Waals surface area contributed by atoms with Crippen molar-refractivity contribution in [3.8, 4) is 44.5 Å². The van der Waals surface area contributed by atoms with Crippen molar-refractivity contribution in [2.75, 3.05) is 0 Å². The van der Waals surface area contributed by atoms with Gasteiger partial charge in [0.15, 0.2) is 0 Å². The van der Waals surface area contributed by atoms with Crippen LogP contribution in [0.1, 0.15) is 0 Å². The van der Waals surface area contributed by atoms with Crippen LogP contribution in [0.2, 0.25) is 0 Å². The molecule has 0 heteroatoms. The standard InChI is InChI=1S/C52H32/c1-3-15-33(16-4-1)35-19-7-8-20-36(35)40-29-30-41(38-22-10-9-21-37(38)40)42-31-32-48-50-44(42)25-13-27-46(50)47-28-14-26-45-39-23-11-12-24-43(39)49(52(48)51(45)47)34-17-5-2-6-18-34/h1-32H. The van der Waals surface area contributed by atoms with Crippen molar-refractivity contribution < 1.29 is 0 Å². The van der Waals surface area contributed by atoms with Crippen molar-refractivity contribution in [1.82, 2.24) is 0 Å². The smallest absolute Gasteiger partial charge is 0.000763 e. The summed E-state index contributed by atoms with van der Waals surface area (Å²) in [6.45, 7) is 0. The summed E-state index contributed by atoms with van der Waals surface area (Å²) >= 11 is 0. The molecule has 0 spiro atoms. The quantitative estimate of drug-likeness (QED) is 0.131. The Morgan fingerprint density at radius 1 is 0.173 bits per heavy atom. The fourth-order valence-corrected chi connectivity index (χ4v) is 9.07. The van der Waals surface area contributed by atoms with E-state index in [-0.39, 0.29) is 0 Å². The Hall–Kier alpha value is -6.76. The third kappa shape index (κ3) is 4.16. The highest BCUT2D eigenvalue weighted by molar-refractivity contribution is 6.41. The van der Waals surface area contributed by atoms with Gasteiger partial charge in [-0.05, 0) is 109 Å². The van der Waals surface area contributed by atoms with Gasteiger partial charge in [0.1, 0.15) is 0 Å². The zero-order valence-electron chi connectivity index (χ0n) is 28.5. The molecule has 0 heterocycles. The van der Waals surface area contributed by atoms with Crippen LogP contribution >= 0.6 is 0 Å². The maximum atomic E-state index is 2.40. The lowest BCUT2D eigenvalue weighted by Gasteiger charge is -2.22. The van der Waals surface area contributed by atoms with E-state index in [2.05, 4.69) is 194 Å². The van der Waals surface area contributed by atoms with Gasteiger partial charge >= 0.3 is 0 Å². The molecule has 11 rings (SSSR count). The van der Waals surface area contributed by atoms with Crippen LogP contribution in [0, 0.1) is 0 Å². The topological polar surface area (TPSA) is 0 Å². The van der Waals surface area contributed by atoms with Crippen molar-refractivity contribution >= 4 is 64.6 Å². The molecule has 0 aliphatic heterocycles. The molecule has 0 atom stereocenters. The molecule has 0 amide bonds. The average molecular weight is 657 g/mol. The Labute approximate surface area is 302 Å². The molecule has 0 nitrogen and oxygen atoms in total. The normalized spacial score (nSPS) is 11.8. The SMILES string of the molecule is c1ccc(-c2ccccc2-c2ccc(-c3ccc4c5c(-c6ccccc6)c6ccccc6c6cccc(c7cccc3c74)c65)c3ccccc23)cc1. The van der Waals surface area contributed by atoms with Crippen molar-refractivity contribution in [2.24, 2.45) is 0 Å². The molecule has 0 N–H and O–H groups in total. The molecule has 0 bridgehead atoms. The predicted molar refractivity (Wildman–Crippen MR) is 224 cm³/mol. The Morgan fingerprint density at radius 3 is 1.31 bits per heavy atom. The van der Waals surface area contributed by atoms with Gasteiger partial charge in [0, 0.05) is 0 Å². The Kier molecular flexibility index (Phi) is 6.35. The molecule has 0 unspecified atom stereocenters. The van der Waals surface area contributed by atoms with E-state index < -0.39 is 0 Å². The highest BCUT2D eigenvalue weighted by atomic mass is 14.2.